The molecule has 7 heteroatoms. The molecule has 0 aliphatic rings. The first kappa shape index (κ1) is 11.7. The van der Waals surface area contributed by atoms with Gasteiger partial charge in [0, 0.05) is 20.3 Å². The van der Waals surface area contributed by atoms with Crippen molar-refractivity contribution in [3.8, 4) is 0 Å². The highest BCUT2D eigenvalue weighted by atomic mass is 35.5. The number of carbonyl (C=O) groups is 1. The molecule has 2 N–H and O–H groups in total. The Labute approximate surface area is 103 Å². The summed E-state index contributed by atoms with van der Waals surface area (Å²) < 4.78 is 1.56. The standard InChI is InChI=1S/C10H12ClN5O/c1-15(2)8(17)5-16-9-7(14-10(16)12)3-6(11)4-13-9/h3-4H,5H2,1-2H3,(H2,12,14). The lowest BCUT2D eigenvalue weighted by Gasteiger charge is -2.11. The number of likely N-dealkylation sites (N-methyl/N-ethyl adjacent to an activating group) is 1. The van der Waals surface area contributed by atoms with Crippen LogP contribution in [0.25, 0.3) is 11.2 Å². The number of fused-ring (bicyclic) bond motifs is 1. The third-order valence-electron chi connectivity index (χ3n) is 2.37. The lowest BCUT2D eigenvalue weighted by molar-refractivity contribution is -0.129. The van der Waals surface area contributed by atoms with E-state index in [1.54, 1.807) is 24.7 Å². The van der Waals surface area contributed by atoms with Gasteiger partial charge in [-0.3, -0.25) is 9.36 Å². The second-order valence-corrected chi connectivity index (χ2v) is 4.28. The summed E-state index contributed by atoms with van der Waals surface area (Å²) in [6.07, 6.45) is 1.50. The fourth-order valence-corrected chi connectivity index (χ4v) is 1.59. The van der Waals surface area contributed by atoms with E-state index in [2.05, 4.69) is 9.97 Å². The molecule has 17 heavy (non-hydrogen) atoms. The molecular formula is C10H12ClN5O. The van der Waals surface area contributed by atoms with E-state index in [0.29, 0.717) is 16.2 Å². The lowest BCUT2D eigenvalue weighted by Crippen LogP contribution is -2.26. The first-order valence-corrected chi connectivity index (χ1v) is 5.34. The largest absolute Gasteiger partial charge is 0.369 e. The number of hydrogen-bond donors (Lipinski definition) is 1. The minimum atomic E-state index is -0.0762. The van der Waals surface area contributed by atoms with Gasteiger partial charge < -0.3 is 10.6 Å². The van der Waals surface area contributed by atoms with E-state index in [1.807, 2.05) is 0 Å². The van der Waals surface area contributed by atoms with Crippen LogP contribution in [0.4, 0.5) is 5.95 Å². The quantitative estimate of drug-likeness (QED) is 0.857. The molecule has 0 saturated heterocycles. The first-order chi connectivity index (χ1) is 7.99. The molecule has 2 heterocycles. The number of anilines is 1. The van der Waals surface area contributed by atoms with Gasteiger partial charge in [-0.25, -0.2) is 9.97 Å². The molecule has 90 valence electrons. The molecule has 2 rings (SSSR count). The van der Waals surface area contributed by atoms with Crippen molar-refractivity contribution in [2.24, 2.45) is 0 Å². The smallest absolute Gasteiger partial charge is 0.242 e. The number of aromatic nitrogens is 3. The molecule has 2 aromatic rings. The second kappa shape index (κ2) is 4.21. The summed E-state index contributed by atoms with van der Waals surface area (Å²) in [4.78, 5) is 21.4. The zero-order chi connectivity index (χ0) is 12.6. The topological polar surface area (TPSA) is 77.0 Å². The molecular weight excluding hydrogens is 242 g/mol. The van der Waals surface area contributed by atoms with Gasteiger partial charge in [-0.05, 0) is 6.07 Å². The maximum Gasteiger partial charge on any atom is 0.242 e. The fourth-order valence-electron chi connectivity index (χ4n) is 1.44. The molecule has 0 radical (unpaired) electrons. The summed E-state index contributed by atoms with van der Waals surface area (Å²) >= 11 is 5.81. The van der Waals surface area contributed by atoms with Gasteiger partial charge in [-0.1, -0.05) is 11.6 Å². The summed E-state index contributed by atoms with van der Waals surface area (Å²) in [7, 11) is 3.36. The Bertz CT molecular complexity index is 577. The number of nitrogen functional groups attached to an aromatic ring is 1. The van der Waals surface area contributed by atoms with Crippen molar-refractivity contribution in [3.63, 3.8) is 0 Å². The normalized spacial score (nSPS) is 10.8. The molecule has 1 amide bonds. The summed E-state index contributed by atoms with van der Waals surface area (Å²) in [5.74, 6) is 0.178. The van der Waals surface area contributed by atoms with E-state index in [4.69, 9.17) is 17.3 Å². The highest BCUT2D eigenvalue weighted by Crippen LogP contribution is 2.19. The van der Waals surface area contributed by atoms with Crippen molar-refractivity contribution in [2.45, 2.75) is 6.54 Å². The van der Waals surface area contributed by atoms with Crippen molar-refractivity contribution in [1.82, 2.24) is 19.4 Å². The lowest BCUT2D eigenvalue weighted by atomic mass is 10.4. The Morgan fingerprint density at radius 2 is 2.29 bits per heavy atom. The van der Waals surface area contributed by atoms with Gasteiger partial charge in [-0.2, -0.15) is 0 Å². The number of pyridine rings is 1. The van der Waals surface area contributed by atoms with Crippen LogP contribution in [0.3, 0.4) is 0 Å². The predicted molar refractivity (Wildman–Crippen MR) is 65.6 cm³/mol. The first-order valence-electron chi connectivity index (χ1n) is 4.96. The van der Waals surface area contributed by atoms with Crippen molar-refractivity contribution >= 4 is 34.6 Å². The van der Waals surface area contributed by atoms with E-state index in [-0.39, 0.29) is 18.4 Å². The molecule has 2 aromatic heterocycles. The van der Waals surface area contributed by atoms with Crippen molar-refractivity contribution in [3.05, 3.63) is 17.3 Å². The monoisotopic (exact) mass is 253 g/mol. The average molecular weight is 254 g/mol. The van der Waals surface area contributed by atoms with Crippen LogP contribution in [0.1, 0.15) is 0 Å². The summed E-state index contributed by atoms with van der Waals surface area (Å²) in [5.41, 5.74) is 6.89. The maximum absolute atomic E-state index is 11.6. The molecule has 0 atom stereocenters. The van der Waals surface area contributed by atoms with Gasteiger partial charge in [0.15, 0.2) is 5.65 Å². The van der Waals surface area contributed by atoms with Crippen LogP contribution in [-0.4, -0.2) is 39.4 Å². The molecule has 0 aliphatic heterocycles. The molecule has 0 fully saturated rings. The Hall–Kier alpha value is -1.82. The van der Waals surface area contributed by atoms with Gasteiger partial charge in [0.25, 0.3) is 0 Å². The van der Waals surface area contributed by atoms with E-state index < -0.39 is 0 Å². The third-order valence-corrected chi connectivity index (χ3v) is 2.58. The zero-order valence-electron chi connectivity index (χ0n) is 9.51. The van der Waals surface area contributed by atoms with Gasteiger partial charge >= 0.3 is 0 Å². The number of rotatable bonds is 2. The fraction of sp³-hybridized carbons (Fsp3) is 0.300. The van der Waals surface area contributed by atoms with Gasteiger partial charge in [0.2, 0.25) is 11.9 Å². The van der Waals surface area contributed by atoms with Crippen LogP contribution in [0, 0.1) is 0 Å². The van der Waals surface area contributed by atoms with Crippen molar-refractivity contribution in [1.29, 1.82) is 0 Å². The number of hydrogen-bond acceptors (Lipinski definition) is 4. The highest BCUT2D eigenvalue weighted by molar-refractivity contribution is 6.31. The Morgan fingerprint density at radius 1 is 1.59 bits per heavy atom. The predicted octanol–water partition coefficient (Wildman–Crippen LogP) is 0.755. The molecule has 0 spiro atoms. The Kier molecular flexibility index (Phi) is 2.89. The van der Waals surface area contributed by atoms with E-state index >= 15 is 0 Å². The molecule has 0 saturated carbocycles. The summed E-state index contributed by atoms with van der Waals surface area (Å²) in [6, 6.07) is 1.66. The van der Waals surface area contributed by atoms with Crippen LogP contribution in [-0.2, 0) is 11.3 Å². The number of nitrogens with zero attached hydrogens (tertiary/aromatic N) is 4. The number of nitrogens with two attached hydrogens (primary N) is 1. The molecule has 0 aliphatic carbocycles. The van der Waals surface area contributed by atoms with Crippen LogP contribution >= 0.6 is 11.6 Å². The molecule has 0 aromatic carbocycles. The van der Waals surface area contributed by atoms with E-state index in [9.17, 15) is 4.79 Å². The zero-order valence-corrected chi connectivity index (χ0v) is 10.3. The Morgan fingerprint density at radius 3 is 2.94 bits per heavy atom. The van der Waals surface area contributed by atoms with Gasteiger partial charge in [-0.15, -0.1) is 0 Å². The van der Waals surface area contributed by atoms with Crippen molar-refractivity contribution in [2.75, 3.05) is 19.8 Å². The summed E-state index contributed by atoms with van der Waals surface area (Å²) in [6.45, 7) is 0.115. The second-order valence-electron chi connectivity index (χ2n) is 3.84. The van der Waals surface area contributed by atoms with Crippen LogP contribution in [0.2, 0.25) is 5.02 Å². The number of imidazole rings is 1. The van der Waals surface area contributed by atoms with E-state index in [1.165, 1.54) is 11.1 Å². The minimum Gasteiger partial charge on any atom is -0.369 e. The van der Waals surface area contributed by atoms with Gasteiger partial charge in [0.1, 0.15) is 12.1 Å². The Balaban J connectivity index is 2.46. The van der Waals surface area contributed by atoms with E-state index in [0.717, 1.165) is 0 Å². The molecule has 0 unspecified atom stereocenters. The van der Waals surface area contributed by atoms with Crippen molar-refractivity contribution < 1.29 is 4.79 Å². The van der Waals surface area contributed by atoms with Crippen LogP contribution < -0.4 is 5.73 Å². The van der Waals surface area contributed by atoms with Crippen LogP contribution in [0.15, 0.2) is 12.3 Å². The van der Waals surface area contributed by atoms with Crippen LogP contribution in [0.5, 0.6) is 0 Å². The minimum absolute atomic E-state index is 0.0762. The highest BCUT2D eigenvalue weighted by Gasteiger charge is 2.13. The summed E-state index contributed by atoms with van der Waals surface area (Å²) in [5, 5.41) is 0.487. The average Bonchev–Trinajstić information content (AvgIpc) is 2.54. The SMILES string of the molecule is CN(C)C(=O)Cn1c(N)nc2cc(Cl)cnc21. The molecule has 6 nitrogen and oxygen atoms in total. The maximum atomic E-state index is 11.6. The molecule has 0 bridgehead atoms. The third kappa shape index (κ3) is 2.16. The van der Waals surface area contributed by atoms with Gasteiger partial charge in [0.05, 0.1) is 5.02 Å². The number of amides is 1. The number of carbonyl (C=O) groups excluding carboxylic acids is 1. The number of halogens is 1.